The molecule has 0 N–H and O–H groups in total. The normalized spacial score (nSPS) is 20.6. The lowest BCUT2D eigenvalue weighted by Crippen LogP contribution is -2.36. The van der Waals surface area contributed by atoms with Crippen LogP contribution in [0.4, 0.5) is 0 Å². The first kappa shape index (κ1) is 15.2. The third-order valence-corrected chi connectivity index (χ3v) is 3.61. The van der Waals surface area contributed by atoms with E-state index < -0.39 is 4.75 Å². The molecule has 1 unspecified atom stereocenters. The maximum Gasteiger partial charge on any atom is 0.234 e. The van der Waals surface area contributed by atoms with Crippen LogP contribution in [0.25, 0.3) is 0 Å². The summed E-state index contributed by atoms with van der Waals surface area (Å²) in [5.41, 5.74) is 0. The number of imide groups is 1. The van der Waals surface area contributed by atoms with Gasteiger partial charge in [0.05, 0.1) is 5.92 Å². The fraction of sp³-hybridized carbons (Fsp3) is 0.769. The van der Waals surface area contributed by atoms with Crippen molar-refractivity contribution in [3.8, 4) is 0 Å². The zero-order valence-electron chi connectivity index (χ0n) is 11.0. The summed E-state index contributed by atoms with van der Waals surface area (Å²) in [5, 5.41) is 0. The minimum absolute atomic E-state index is 0.0949. The summed E-state index contributed by atoms with van der Waals surface area (Å²) in [6.07, 6.45) is 4.17. The van der Waals surface area contributed by atoms with E-state index in [0.717, 1.165) is 25.5 Å². The van der Waals surface area contributed by atoms with Crippen LogP contribution in [0.5, 0.6) is 0 Å². The van der Waals surface area contributed by atoms with E-state index in [1.54, 1.807) is 0 Å². The van der Waals surface area contributed by atoms with Gasteiger partial charge >= 0.3 is 0 Å². The largest absolute Gasteiger partial charge is 0.303 e. The molecule has 102 valence electrons. The number of hydrogen-bond acceptors (Lipinski definition) is 4. The second-order valence-electron chi connectivity index (χ2n) is 5.31. The molecule has 1 atom stereocenters. The molecule has 1 aliphatic heterocycles. The lowest BCUT2D eigenvalue weighted by atomic mass is 9.93. The fourth-order valence-electron chi connectivity index (χ4n) is 2.14. The van der Waals surface area contributed by atoms with Gasteiger partial charge in [0.15, 0.2) is 0 Å². The van der Waals surface area contributed by atoms with Crippen molar-refractivity contribution in [1.82, 2.24) is 4.90 Å². The van der Waals surface area contributed by atoms with Crippen LogP contribution in [0.3, 0.4) is 0 Å². The van der Waals surface area contributed by atoms with Gasteiger partial charge in [-0.15, -0.1) is 0 Å². The zero-order chi connectivity index (χ0) is 13.8. The predicted octanol–water partition coefficient (Wildman–Crippen LogP) is 1.83. The average molecular weight is 271 g/mol. The summed E-state index contributed by atoms with van der Waals surface area (Å²) in [6.45, 7) is 4.19. The van der Waals surface area contributed by atoms with Crippen LogP contribution in [0.15, 0.2) is 0 Å². The minimum atomic E-state index is -0.459. The number of likely N-dealkylation sites (tertiary alicyclic amines) is 1. The molecule has 5 heteroatoms. The summed E-state index contributed by atoms with van der Waals surface area (Å²) in [4.78, 5) is 35.4. The number of hydrogen-bond donors (Lipinski definition) is 1. The van der Waals surface area contributed by atoms with Crippen molar-refractivity contribution in [2.45, 2.75) is 50.7 Å². The lowest BCUT2D eigenvalue weighted by molar-refractivity contribution is -0.139. The smallest absolute Gasteiger partial charge is 0.234 e. The molecular formula is C13H21NO3S. The van der Waals surface area contributed by atoms with E-state index in [1.165, 1.54) is 4.90 Å². The summed E-state index contributed by atoms with van der Waals surface area (Å²) in [7, 11) is 0. The van der Waals surface area contributed by atoms with Gasteiger partial charge in [-0.1, -0.05) is 20.3 Å². The molecule has 2 amide bonds. The summed E-state index contributed by atoms with van der Waals surface area (Å²) < 4.78 is -0.459. The number of thiol groups is 1. The van der Waals surface area contributed by atoms with Crippen LogP contribution < -0.4 is 0 Å². The number of rotatable bonds is 7. The van der Waals surface area contributed by atoms with Gasteiger partial charge in [-0.25, -0.2) is 0 Å². The monoisotopic (exact) mass is 271 g/mol. The van der Waals surface area contributed by atoms with Crippen molar-refractivity contribution in [2.75, 3.05) is 6.54 Å². The Balaban J connectivity index is 2.45. The summed E-state index contributed by atoms with van der Waals surface area (Å²) in [5.74, 6) is -0.513. The van der Waals surface area contributed by atoms with E-state index >= 15 is 0 Å². The van der Waals surface area contributed by atoms with Gasteiger partial charge in [0, 0.05) is 24.1 Å². The quantitative estimate of drug-likeness (QED) is 0.333. The van der Waals surface area contributed by atoms with Gasteiger partial charge in [0.1, 0.15) is 6.29 Å². The molecule has 0 aliphatic carbocycles. The lowest BCUT2D eigenvalue weighted by Gasteiger charge is -2.23. The third kappa shape index (κ3) is 3.83. The highest BCUT2D eigenvalue weighted by molar-refractivity contribution is 7.81. The maximum atomic E-state index is 12.1. The van der Waals surface area contributed by atoms with E-state index in [0.29, 0.717) is 13.0 Å². The summed E-state index contributed by atoms with van der Waals surface area (Å²) >= 11 is 4.39. The van der Waals surface area contributed by atoms with Gasteiger partial charge < -0.3 is 4.79 Å². The van der Waals surface area contributed by atoms with Crippen molar-refractivity contribution >= 4 is 30.7 Å². The molecule has 1 aliphatic rings. The van der Waals surface area contributed by atoms with E-state index in [-0.39, 0.29) is 24.2 Å². The SMILES string of the molecule is CC(C)(S)C1CC(=O)N(CCCCCC=O)C1=O. The molecule has 1 fully saturated rings. The number of carbonyl (C=O) groups is 3. The Bertz CT molecular complexity index is 336. The molecule has 4 nitrogen and oxygen atoms in total. The molecular weight excluding hydrogens is 250 g/mol. The van der Waals surface area contributed by atoms with Crippen LogP contribution in [0.2, 0.25) is 0 Å². The van der Waals surface area contributed by atoms with Crippen LogP contribution in [-0.2, 0) is 14.4 Å². The first-order valence-electron chi connectivity index (χ1n) is 6.38. The zero-order valence-corrected chi connectivity index (χ0v) is 11.9. The second kappa shape index (κ2) is 6.36. The van der Waals surface area contributed by atoms with Crippen molar-refractivity contribution in [1.29, 1.82) is 0 Å². The maximum absolute atomic E-state index is 12.1. The molecule has 1 rings (SSSR count). The molecule has 1 heterocycles. The molecule has 0 spiro atoms. The van der Waals surface area contributed by atoms with Gasteiger partial charge in [-0.3, -0.25) is 14.5 Å². The highest BCUT2D eigenvalue weighted by Gasteiger charge is 2.44. The molecule has 0 bridgehead atoms. The van der Waals surface area contributed by atoms with Gasteiger partial charge in [-0.2, -0.15) is 12.6 Å². The molecule has 0 radical (unpaired) electrons. The van der Waals surface area contributed by atoms with E-state index in [1.807, 2.05) is 13.8 Å². The van der Waals surface area contributed by atoms with Crippen LogP contribution >= 0.6 is 12.6 Å². The highest BCUT2D eigenvalue weighted by atomic mass is 32.1. The van der Waals surface area contributed by atoms with Crippen LogP contribution in [0.1, 0.15) is 46.0 Å². The Morgan fingerprint density at radius 2 is 2.00 bits per heavy atom. The fourth-order valence-corrected chi connectivity index (χ4v) is 2.35. The van der Waals surface area contributed by atoms with Crippen LogP contribution in [-0.4, -0.2) is 34.3 Å². The van der Waals surface area contributed by atoms with Gasteiger partial charge in [0.25, 0.3) is 0 Å². The minimum Gasteiger partial charge on any atom is -0.303 e. The van der Waals surface area contributed by atoms with Gasteiger partial charge in [0.2, 0.25) is 11.8 Å². The predicted molar refractivity (Wildman–Crippen MR) is 72.4 cm³/mol. The van der Waals surface area contributed by atoms with Crippen molar-refractivity contribution < 1.29 is 14.4 Å². The number of nitrogens with zero attached hydrogens (tertiary/aromatic N) is 1. The van der Waals surface area contributed by atoms with E-state index in [4.69, 9.17) is 0 Å². The van der Waals surface area contributed by atoms with Crippen LogP contribution in [0, 0.1) is 5.92 Å². The Kier molecular flexibility index (Phi) is 5.38. The standard InChI is InChI=1S/C13H21NO3S/c1-13(2,18)10-9-11(16)14(12(10)17)7-5-3-4-6-8-15/h8,10,18H,3-7,9H2,1-2H3. The highest BCUT2D eigenvalue weighted by Crippen LogP contribution is 2.33. The number of unbranched alkanes of at least 4 members (excludes halogenated alkanes) is 3. The number of carbonyl (C=O) groups excluding carboxylic acids is 3. The molecule has 0 aromatic carbocycles. The van der Waals surface area contributed by atoms with E-state index in [9.17, 15) is 14.4 Å². The third-order valence-electron chi connectivity index (χ3n) is 3.30. The topological polar surface area (TPSA) is 54.5 Å². The molecule has 0 saturated carbocycles. The molecule has 1 saturated heterocycles. The van der Waals surface area contributed by atoms with E-state index in [2.05, 4.69) is 12.6 Å². The first-order chi connectivity index (χ1) is 8.38. The molecule has 0 aromatic heterocycles. The Hall–Kier alpha value is -0.840. The number of amides is 2. The van der Waals surface area contributed by atoms with Crippen molar-refractivity contribution in [3.05, 3.63) is 0 Å². The van der Waals surface area contributed by atoms with Gasteiger partial charge in [-0.05, 0) is 12.8 Å². The number of aldehydes is 1. The van der Waals surface area contributed by atoms with Crippen molar-refractivity contribution in [2.24, 2.45) is 5.92 Å². The van der Waals surface area contributed by atoms with Crippen molar-refractivity contribution in [3.63, 3.8) is 0 Å². The second-order valence-corrected chi connectivity index (χ2v) is 6.46. The average Bonchev–Trinajstić information content (AvgIpc) is 2.55. The first-order valence-corrected chi connectivity index (χ1v) is 6.83. The Morgan fingerprint density at radius 3 is 2.50 bits per heavy atom. The molecule has 0 aromatic rings. The Labute approximate surface area is 114 Å². The Morgan fingerprint density at radius 1 is 1.33 bits per heavy atom. The molecule has 18 heavy (non-hydrogen) atoms. The summed E-state index contributed by atoms with van der Waals surface area (Å²) in [6, 6.07) is 0.